The molecular formula is C7H5N2W-. The Bertz CT molecular complexity index is 286. The van der Waals surface area contributed by atoms with Gasteiger partial charge in [-0.1, -0.05) is 6.20 Å². The first kappa shape index (κ1) is 7.48. The maximum absolute atomic E-state index is 3.93. The van der Waals surface area contributed by atoms with Crippen LogP contribution in [-0.2, 0) is 21.1 Å². The van der Waals surface area contributed by atoms with Crippen LogP contribution >= 0.6 is 0 Å². The van der Waals surface area contributed by atoms with Crippen LogP contribution in [0.1, 0.15) is 0 Å². The Kier molecular flexibility index (Phi) is 2.23. The van der Waals surface area contributed by atoms with Gasteiger partial charge in [0.05, 0.1) is 0 Å². The van der Waals surface area contributed by atoms with Gasteiger partial charge in [0.2, 0.25) is 0 Å². The molecule has 2 aromatic rings. The average molecular weight is 301 g/mol. The Labute approximate surface area is 72.9 Å². The van der Waals surface area contributed by atoms with E-state index in [0.29, 0.717) is 0 Å². The molecule has 3 heteroatoms. The smallest absolute Gasteiger partial charge is 0 e. The molecule has 0 bridgehead atoms. The van der Waals surface area contributed by atoms with Crippen molar-refractivity contribution in [1.82, 2.24) is 9.97 Å². The van der Waals surface area contributed by atoms with Gasteiger partial charge in [-0.05, 0) is 17.9 Å². The third-order valence-electron chi connectivity index (χ3n) is 1.28. The van der Waals surface area contributed by atoms with E-state index in [-0.39, 0.29) is 21.1 Å². The fraction of sp³-hybridized carbons (Fsp3) is 0. The number of aromatic amines is 1. The minimum atomic E-state index is 0. The summed E-state index contributed by atoms with van der Waals surface area (Å²) in [5.41, 5.74) is 1.04. The summed E-state index contributed by atoms with van der Waals surface area (Å²) in [6, 6.07) is 4.95. The van der Waals surface area contributed by atoms with E-state index in [9.17, 15) is 0 Å². The third kappa shape index (κ3) is 1.12. The molecule has 0 aromatic carbocycles. The zero-order chi connectivity index (χ0) is 6.10. The Balaban J connectivity index is 0.000000500. The fourth-order valence-corrected chi connectivity index (χ4v) is 0.827. The first-order chi connectivity index (χ1) is 4.47. The number of nitrogens with one attached hydrogen (secondary N) is 1. The molecule has 0 aliphatic rings. The van der Waals surface area contributed by atoms with E-state index < -0.39 is 0 Å². The molecule has 0 aliphatic heterocycles. The van der Waals surface area contributed by atoms with Crippen molar-refractivity contribution >= 4 is 10.9 Å². The molecular weight excluding hydrogens is 296 g/mol. The van der Waals surface area contributed by atoms with Gasteiger partial charge < -0.3 is 4.98 Å². The van der Waals surface area contributed by atoms with E-state index in [4.69, 9.17) is 0 Å². The molecule has 50 valence electrons. The van der Waals surface area contributed by atoms with Gasteiger partial charge in [-0.15, -0.1) is 6.07 Å². The number of aromatic nitrogens is 2. The predicted octanol–water partition coefficient (Wildman–Crippen LogP) is 1.36. The van der Waals surface area contributed by atoms with Crippen molar-refractivity contribution in [2.75, 3.05) is 0 Å². The Morgan fingerprint density at radius 2 is 2.40 bits per heavy atom. The molecule has 2 aromatic heterocycles. The number of pyridine rings is 1. The third-order valence-corrected chi connectivity index (χ3v) is 1.28. The van der Waals surface area contributed by atoms with E-state index in [1.807, 2.05) is 6.07 Å². The van der Waals surface area contributed by atoms with Crippen molar-refractivity contribution in [2.24, 2.45) is 0 Å². The van der Waals surface area contributed by atoms with Gasteiger partial charge in [-0.3, -0.25) is 4.98 Å². The molecule has 0 amide bonds. The van der Waals surface area contributed by atoms with Crippen LogP contribution in [0, 0.1) is 6.07 Å². The number of hydrogen-bond donors (Lipinski definition) is 1. The number of nitrogens with zero attached hydrogens (tertiary/aromatic N) is 1. The van der Waals surface area contributed by atoms with Gasteiger partial charge in [-0.25, -0.2) is 0 Å². The molecule has 0 aliphatic carbocycles. The molecule has 0 saturated heterocycles. The average Bonchev–Trinajstić information content (AvgIpc) is 2.33. The second-order valence-electron chi connectivity index (χ2n) is 1.85. The fourth-order valence-electron chi connectivity index (χ4n) is 0.827. The molecule has 2 nitrogen and oxygen atoms in total. The second kappa shape index (κ2) is 2.98. The number of H-pyrrole nitrogens is 1. The van der Waals surface area contributed by atoms with Crippen molar-refractivity contribution < 1.29 is 21.1 Å². The Hall–Kier alpha value is -0.622. The first-order valence-corrected chi connectivity index (χ1v) is 2.75. The van der Waals surface area contributed by atoms with Gasteiger partial charge in [0.25, 0.3) is 0 Å². The summed E-state index contributed by atoms with van der Waals surface area (Å²) in [7, 11) is 0. The summed E-state index contributed by atoms with van der Waals surface area (Å²) in [6.45, 7) is 0. The molecule has 2 heterocycles. The van der Waals surface area contributed by atoms with Gasteiger partial charge >= 0.3 is 0 Å². The number of rotatable bonds is 0. The van der Waals surface area contributed by atoms with Crippen LogP contribution in [0.5, 0.6) is 0 Å². The van der Waals surface area contributed by atoms with E-state index >= 15 is 0 Å². The van der Waals surface area contributed by atoms with Gasteiger partial charge in [0.1, 0.15) is 0 Å². The minimum Gasteiger partial charge on any atom is -0.423 e. The summed E-state index contributed by atoms with van der Waals surface area (Å²) < 4.78 is 0. The Morgan fingerprint density at radius 1 is 1.50 bits per heavy atom. The van der Waals surface area contributed by atoms with Crippen LogP contribution in [0.2, 0.25) is 0 Å². The molecule has 0 fully saturated rings. The van der Waals surface area contributed by atoms with Crippen molar-refractivity contribution in [3.05, 3.63) is 30.7 Å². The molecule has 0 unspecified atom stereocenters. The van der Waals surface area contributed by atoms with Gasteiger partial charge in [0, 0.05) is 21.1 Å². The molecule has 0 radical (unpaired) electrons. The molecule has 0 atom stereocenters. The summed E-state index contributed by atoms with van der Waals surface area (Å²) in [6.07, 6.45) is 5.32. The largest absolute Gasteiger partial charge is 0.423 e. The van der Waals surface area contributed by atoms with E-state index in [2.05, 4.69) is 16.0 Å². The van der Waals surface area contributed by atoms with Gasteiger partial charge in [-0.2, -0.15) is 11.5 Å². The molecule has 10 heavy (non-hydrogen) atoms. The Morgan fingerprint density at radius 3 is 3.20 bits per heavy atom. The molecule has 0 spiro atoms. The first-order valence-electron chi connectivity index (χ1n) is 2.75. The zero-order valence-electron chi connectivity index (χ0n) is 5.16. The van der Waals surface area contributed by atoms with E-state index in [1.165, 1.54) is 0 Å². The number of hydrogen-bond acceptors (Lipinski definition) is 1. The summed E-state index contributed by atoms with van der Waals surface area (Å²) in [5, 5.41) is 1.09. The topological polar surface area (TPSA) is 28.7 Å². The predicted molar refractivity (Wildman–Crippen MR) is 34.9 cm³/mol. The van der Waals surface area contributed by atoms with Crippen LogP contribution in [0.25, 0.3) is 10.9 Å². The van der Waals surface area contributed by atoms with Gasteiger partial charge in [0.15, 0.2) is 0 Å². The van der Waals surface area contributed by atoms with Crippen molar-refractivity contribution in [1.29, 1.82) is 0 Å². The zero-order valence-corrected chi connectivity index (χ0v) is 8.10. The normalized spacial score (nSPS) is 9.20. The molecule has 1 N–H and O–H groups in total. The van der Waals surface area contributed by atoms with Crippen molar-refractivity contribution in [3.8, 4) is 0 Å². The second-order valence-corrected chi connectivity index (χ2v) is 1.85. The van der Waals surface area contributed by atoms with Crippen molar-refractivity contribution in [2.45, 2.75) is 0 Å². The standard InChI is InChI=1S/C7H5N2.W/c1-3-8-5-7-6(1)2-4-9-7;/h1,3-5,9H;/q-1;. The minimum absolute atomic E-state index is 0. The number of fused-ring (bicyclic) bond motifs is 1. The maximum atomic E-state index is 3.93. The molecule has 0 saturated carbocycles. The summed E-state index contributed by atoms with van der Waals surface area (Å²) in [5.74, 6) is 0. The van der Waals surface area contributed by atoms with Crippen LogP contribution in [0.3, 0.4) is 0 Å². The van der Waals surface area contributed by atoms with Crippen LogP contribution in [-0.4, -0.2) is 9.97 Å². The maximum Gasteiger partial charge on any atom is 0 e. The van der Waals surface area contributed by atoms with Crippen LogP contribution in [0.4, 0.5) is 0 Å². The summed E-state index contributed by atoms with van der Waals surface area (Å²) in [4.78, 5) is 6.94. The molecule has 2 rings (SSSR count). The van der Waals surface area contributed by atoms with Crippen LogP contribution in [0.15, 0.2) is 24.7 Å². The monoisotopic (exact) mass is 301 g/mol. The van der Waals surface area contributed by atoms with Crippen LogP contribution < -0.4 is 0 Å². The van der Waals surface area contributed by atoms with E-state index in [1.54, 1.807) is 18.6 Å². The SMILES string of the molecule is [W].[c-]1c[nH]c2cnccc12. The quantitative estimate of drug-likeness (QED) is 0.731. The van der Waals surface area contributed by atoms with E-state index in [0.717, 1.165) is 10.9 Å². The van der Waals surface area contributed by atoms with Crippen molar-refractivity contribution in [3.63, 3.8) is 0 Å². The summed E-state index contributed by atoms with van der Waals surface area (Å²) >= 11 is 0.